The van der Waals surface area contributed by atoms with Crippen molar-refractivity contribution < 1.29 is 9.79 Å². The lowest BCUT2D eigenvalue weighted by atomic mass is 10.1. The molecule has 0 aliphatic heterocycles. The molecule has 0 aliphatic rings. The van der Waals surface area contributed by atoms with E-state index in [4.69, 9.17) is 11.6 Å². The second-order valence-electron chi connectivity index (χ2n) is 5.68. The Kier molecular flexibility index (Phi) is 5.31. The third kappa shape index (κ3) is 3.81. The Labute approximate surface area is 156 Å². The number of carbonyl (C=O) groups is 1. The molecule has 0 aliphatic carbocycles. The molecule has 0 saturated carbocycles. The topological polar surface area (TPSA) is 34.3 Å². The van der Waals surface area contributed by atoms with Gasteiger partial charge in [-0.3, -0.25) is 4.79 Å². The molecule has 0 spiro atoms. The Morgan fingerprint density at radius 2 is 2.00 bits per heavy atom. The molecule has 0 fully saturated rings. The van der Waals surface area contributed by atoms with Gasteiger partial charge in [0.25, 0.3) is 5.71 Å². The zero-order chi connectivity index (χ0) is 17.8. The average Bonchev–Trinajstić information content (AvgIpc) is 3.17. The van der Waals surface area contributed by atoms with Crippen molar-refractivity contribution in [3.05, 3.63) is 75.4 Å². The second-order valence-corrected chi connectivity index (χ2v) is 6.87. The van der Waals surface area contributed by atoms with Gasteiger partial charge >= 0.3 is 0 Å². The van der Waals surface area contributed by atoms with Crippen molar-refractivity contribution in [1.82, 2.24) is 0 Å². The first-order valence-corrected chi connectivity index (χ1v) is 9.13. The number of para-hydroxylation sites is 1. The lowest BCUT2D eigenvalue weighted by Crippen LogP contribution is -2.67. The molecule has 3 nitrogen and oxygen atoms in total. The zero-order valence-corrected chi connectivity index (χ0v) is 15.6. The normalized spacial score (nSPS) is 11.4. The molecule has 25 heavy (non-hydrogen) atoms. The summed E-state index contributed by atoms with van der Waals surface area (Å²) in [4.78, 5) is 17.1. The maximum Gasteiger partial charge on any atom is 0.253 e. The van der Waals surface area contributed by atoms with E-state index >= 15 is 0 Å². The van der Waals surface area contributed by atoms with E-state index in [-0.39, 0.29) is 0 Å². The molecule has 0 bridgehead atoms. The van der Waals surface area contributed by atoms with Crippen LogP contribution in [0.5, 0.6) is 0 Å². The smallest absolute Gasteiger partial charge is 0.253 e. The van der Waals surface area contributed by atoms with E-state index in [2.05, 4.69) is 21.3 Å². The van der Waals surface area contributed by atoms with Crippen LogP contribution in [0.1, 0.15) is 11.1 Å². The first kappa shape index (κ1) is 17.4. The first-order valence-electron chi connectivity index (χ1n) is 7.81. The summed E-state index contributed by atoms with van der Waals surface area (Å²) in [5.41, 5.74) is 5.20. The van der Waals surface area contributed by atoms with E-state index in [0.717, 1.165) is 34.5 Å². The van der Waals surface area contributed by atoms with Gasteiger partial charge < -0.3 is 4.90 Å². The maximum atomic E-state index is 11.8. The Morgan fingerprint density at radius 1 is 1.20 bits per heavy atom. The fraction of sp³-hybridized carbons (Fsp3) is 0.100. The van der Waals surface area contributed by atoms with Crippen LogP contribution in [0.2, 0.25) is 5.02 Å². The lowest BCUT2D eigenvalue weighted by molar-refractivity contribution is -0.351. The predicted molar refractivity (Wildman–Crippen MR) is 106 cm³/mol. The summed E-state index contributed by atoms with van der Waals surface area (Å²) in [7, 11) is 2.00. The summed E-state index contributed by atoms with van der Waals surface area (Å²) >= 11 is 7.72. The second kappa shape index (κ2) is 7.64. The molecule has 5 heteroatoms. The molecule has 0 radical (unpaired) electrons. The van der Waals surface area contributed by atoms with Crippen LogP contribution in [0.25, 0.3) is 0 Å². The van der Waals surface area contributed by atoms with Gasteiger partial charge in [-0.15, -0.1) is 0 Å². The van der Waals surface area contributed by atoms with Gasteiger partial charge in [-0.25, -0.2) is 4.99 Å². The highest BCUT2D eigenvalue weighted by atomic mass is 35.5. The third-order valence-electron chi connectivity index (χ3n) is 4.00. The van der Waals surface area contributed by atoms with Crippen molar-refractivity contribution in [2.75, 3.05) is 11.9 Å². The Balaban J connectivity index is 2.05. The molecule has 126 valence electrons. The minimum Gasteiger partial charge on any atom is -0.343 e. The number of thiophene rings is 1. The minimum absolute atomic E-state index is 0.513. The lowest BCUT2D eigenvalue weighted by Gasteiger charge is -2.19. The largest absolute Gasteiger partial charge is 0.343 e. The number of nitrogens with zero attached hydrogens (tertiary/aromatic N) is 1. The van der Waals surface area contributed by atoms with Gasteiger partial charge in [-0.1, -0.05) is 23.7 Å². The number of rotatable bonds is 5. The molecular weight excluding hydrogens is 352 g/mol. The number of aryl methyl sites for hydroxylation is 1. The van der Waals surface area contributed by atoms with Crippen LogP contribution in [0, 0.1) is 6.92 Å². The SMILES string of the molecule is Cc1cc([NH+]=C(C=O)c2ccccc2N(C)c2ccsc2)ccc1Cl. The van der Waals surface area contributed by atoms with Crippen LogP contribution in [0.4, 0.5) is 17.1 Å². The van der Waals surface area contributed by atoms with Gasteiger partial charge in [-0.2, -0.15) is 11.3 Å². The fourth-order valence-corrected chi connectivity index (χ4v) is 3.41. The quantitative estimate of drug-likeness (QED) is 0.547. The molecule has 3 aromatic rings. The number of hydrogen-bond donors (Lipinski definition) is 1. The van der Waals surface area contributed by atoms with Gasteiger partial charge in [-0.05, 0) is 42.1 Å². The molecule has 1 aromatic heterocycles. The third-order valence-corrected chi connectivity index (χ3v) is 5.10. The molecule has 2 aromatic carbocycles. The number of nitrogens with one attached hydrogen (secondary N) is 1. The van der Waals surface area contributed by atoms with E-state index in [1.807, 2.05) is 61.8 Å². The predicted octanol–water partition coefficient (Wildman–Crippen LogP) is 3.88. The Bertz CT molecular complexity index is 919. The summed E-state index contributed by atoms with van der Waals surface area (Å²) in [6.45, 7) is 1.94. The molecule has 0 saturated heterocycles. The van der Waals surface area contributed by atoms with Gasteiger partial charge in [0.2, 0.25) is 12.0 Å². The molecule has 1 N–H and O–H groups in total. The standard InChI is InChI=1S/C20H17ClN2OS/c1-14-11-15(7-8-18(14)21)22-19(12-24)17-5-3-4-6-20(17)23(2)16-9-10-25-13-16/h3-13H,1-2H3/p+1. The van der Waals surface area contributed by atoms with E-state index in [1.54, 1.807) is 11.3 Å². The van der Waals surface area contributed by atoms with Crippen molar-refractivity contribution in [3.8, 4) is 0 Å². The van der Waals surface area contributed by atoms with E-state index in [0.29, 0.717) is 10.7 Å². The molecule has 0 amide bonds. The monoisotopic (exact) mass is 369 g/mol. The summed E-state index contributed by atoms with van der Waals surface area (Å²) in [5.74, 6) is 0. The Morgan fingerprint density at radius 3 is 2.68 bits per heavy atom. The van der Waals surface area contributed by atoms with Crippen LogP contribution < -0.4 is 9.89 Å². The van der Waals surface area contributed by atoms with E-state index in [9.17, 15) is 4.79 Å². The van der Waals surface area contributed by atoms with E-state index < -0.39 is 0 Å². The fourth-order valence-electron chi connectivity index (χ4n) is 2.62. The zero-order valence-electron chi connectivity index (χ0n) is 14.0. The first-order chi connectivity index (χ1) is 12.1. The summed E-state index contributed by atoms with van der Waals surface area (Å²) in [6.07, 6.45) is 0.851. The Hall–Kier alpha value is -2.43. The van der Waals surface area contributed by atoms with Crippen LogP contribution in [-0.4, -0.2) is 19.0 Å². The van der Waals surface area contributed by atoms with Crippen molar-refractivity contribution in [3.63, 3.8) is 0 Å². The summed E-state index contributed by atoms with van der Waals surface area (Å²) < 4.78 is 0. The number of carbonyl (C=O) groups excluding carboxylic acids is 1. The summed E-state index contributed by atoms with van der Waals surface area (Å²) in [5, 5.41) is 4.82. The molecule has 0 unspecified atom stereocenters. The van der Waals surface area contributed by atoms with Gasteiger partial charge in [0.15, 0.2) is 0 Å². The average molecular weight is 370 g/mol. The van der Waals surface area contributed by atoms with E-state index in [1.165, 1.54) is 0 Å². The van der Waals surface area contributed by atoms with Gasteiger partial charge in [0, 0.05) is 29.6 Å². The van der Waals surface area contributed by atoms with Gasteiger partial charge in [0.1, 0.15) is 0 Å². The van der Waals surface area contributed by atoms with Crippen molar-refractivity contribution in [2.24, 2.45) is 0 Å². The number of hydrogen-bond acceptors (Lipinski definition) is 3. The highest BCUT2D eigenvalue weighted by molar-refractivity contribution is 7.08. The van der Waals surface area contributed by atoms with Crippen LogP contribution >= 0.6 is 22.9 Å². The molecular formula is C20H18ClN2OS+. The molecule has 1 heterocycles. The number of anilines is 2. The maximum absolute atomic E-state index is 11.8. The highest BCUT2D eigenvalue weighted by Crippen LogP contribution is 2.28. The van der Waals surface area contributed by atoms with Crippen molar-refractivity contribution in [1.29, 1.82) is 0 Å². The van der Waals surface area contributed by atoms with Crippen molar-refractivity contribution in [2.45, 2.75) is 6.92 Å². The van der Waals surface area contributed by atoms with Crippen LogP contribution in [0.15, 0.2) is 59.3 Å². The molecule has 3 rings (SSSR count). The minimum atomic E-state index is 0.513. The van der Waals surface area contributed by atoms with Gasteiger partial charge in [0.05, 0.1) is 16.9 Å². The number of benzene rings is 2. The van der Waals surface area contributed by atoms with Crippen molar-refractivity contribution >= 4 is 52.0 Å². The van der Waals surface area contributed by atoms with Crippen LogP contribution in [0.3, 0.4) is 0 Å². The van der Waals surface area contributed by atoms with Crippen LogP contribution in [-0.2, 0) is 4.79 Å². The highest BCUT2D eigenvalue weighted by Gasteiger charge is 2.18. The number of halogens is 1. The number of aldehydes is 1. The molecule has 0 atom stereocenters. The summed E-state index contributed by atoms with van der Waals surface area (Å²) in [6, 6.07) is 15.5.